The number of rotatable bonds is 3. The molecule has 19 heavy (non-hydrogen) atoms. The first-order chi connectivity index (χ1) is 9.24. The lowest BCUT2D eigenvalue weighted by molar-refractivity contribution is 0.215. The third-order valence-electron chi connectivity index (χ3n) is 2.78. The number of allylic oxidation sites excluding steroid dienone is 2. The Kier molecular flexibility index (Phi) is 6.55. The Labute approximate surface area is 115 Å². The molecule has 0 atom stereocenters. The molecule has 2 rings (SSSR count). The van der Waals surface area contributed by atoms with Crippen LogP contribution in [0, 0.1) is 6.92 Å². The number of hydrogen-bond donors (Lipinski definition) is 0. The summed E-state index contributed by atoms with van der Waals surface area (Å²) in [5.74, 6) is 0. The number of aromatic nitrogens is 1. The summed E-state index contributed by atoms with van der Waals surface area (Å²) < 4.78 is 4.54. The molecule has 2 nitrogen and oxygen atoms in total. The number of hydrogen-bond acceptors (Lipinski definition) is 2. The smallest absolute Gasteiger partial charge is 0.0705 e. The van der Waals surface area contributed by atoms with Crippen LogP contribution in [-0.4, -0.2) is 18.7 Å². The van der Waals surface area contributed by atoms with Gasteiger partial charge in [0.25, 0.3) is 0 Å². The minimum absolute atomic E-state index is 0.819. The van der Waals surface area contributed by atoms with Crippen LogP contribution in [0.3, 0.4) is 0 Å². The van der Waals surface area contributed by atoms with Gasteiger partial charge < -0.3 is 4.74 Å². The lowest BCUT2D eigenvalue weighted by Gasteiger charge is -2.04. The molecule has 0 unspecified atom stereocenters. The maximum absolute atomic E-state index is 4.54. The van der Waals surface area contributed by atoms with Gasteiger partial charge in [0.1, 0.15) is 0 Å². The summed E-state index contributed by atoms with van der Waals surface area (Å²) in [4.78, 5) is 4.41. The largest absolute Gasteiger partial charge is 0.385 e. The Bertz CT molecular complexity index is 556. The van der Waals surface area contributed by atoms with Gasteiger partial charge >= 0.3 is 0 Å². The van der Waals surface area contributed by atoms with Crippen molar-refractivity contribution in [2.24, 2.45) is 0 Å². The molecule has 2 heteroatoms. The molecular formula is C17H21NO. The molecule has 0 bridgehead atoms. The topological polar surface area (TPSA) is 22.1 Å². The Hall–Kier alpha value is -1.93. The average Bonchev–Trinajstić information content (AvgIpc) is 2.47. The second-order valence-electron chi connectivity index (χ2n) is 4.03. The van der Waals surface area contributed by atoms with Gasteiger partial charge in [-0.25, -0.2) is 0 Å². The second-order valence-corrected chi connectivity index (χ2v) is 4.03. The number of aryl methyl sites for hydroxylation is 1. The van der Waals surface area contributed by atoms with Crippen molar-refractivity contribution >= 4 is 17.0 Å². The van der Waals surface area contributed by atoms with Crippen molar-refractivity contribution < 1.29 is 4.74 Å². The van der Waals surface area contributed by atoms with Gasteiger partial charge in [-0.05, 0) is 31.0 Å². The van der Waals surface area contributed by atoms with E-state index in [2.05, 4.69) is 29.3 Å². The van der Waals surface area contributed by atoms with E-state index in [-0.39, 0.29) is 0 Å². The summed E-state index contributed by atoms with van der Waals surface area (Å²) in [6, 6.07) is 8.18. The van der Waals surface area contributed by atoms with E-state index in [1.807, 2.05) is 43.5 Å². The van der Waals surface area contributed by atoms with E-state index in [4.69, 9.17) is 0 Å². The summed E-state index contributed by atoms with van der Waals surface area (Å²) in [6.07, 6.45) is 7.63. The van der Waals surface area contributed by atoms with E-state index >= 15 is 0 Å². The number of ether oxygens (including phenoxy) is 1. The van der Waals surface area contributed by atoms with E-state index < -0.39 is 0 Å². The molecule has 0 amide bonds. The fraction of sp³-hybridized carbons (Fsp3) is 0.235. The van der Waals surface area contributed by atoms with Crippen LogP contribution in [0.1, 0.15) is 18.1 Å². The minimum atomic E-state index is 0.819. The molecule has 0 aliphatic rings. The normalized spacial score (nSPS) is 10.3. The molecule has 0 radical (unpaired) electrons. The van der Waals surface area contributed by atoms with Crippen molar-refractivity contribution in [3.8, 4) is 0 Å². The molecule has 1 heterocycles. The zero-order valence-electron chi connectivity index (χ0n) is 11.9. The third-order valence-corrected chi connectivity index (χ3v) is 2.78. The van der Waals surface area contributed by atoms with E-state index in [1.165, 1.54) is 10.9 Å². The highest BCUT2D eigenvalue weighted by Gasteiger charge is 2.00. The molecule has 0 saturated heterocycles. The van der Waals surface area contributed by atoms with Crippen LogP contribution in [-0.2, 0) is 4.74 Å². The van der Waals surface area contributed by atoms with Crippen molar-refractivity contribution in [3.05, 3.63) is 60.3 Å². The number of fused-ring (bicyclic) bond motifs is 1. The van der Waals surface area contributed by atoms with Gasteiger partial charge in [0.15, 0.2) is 0 Å². The molecule has 0 saturated carbocycles. The van der Waals surface area contributed by atoms with E-state index in [0.29, 0.717) is 0 Å². The summed E-state index contributed by atoms with van der Waals surface area (Å²) in [6.45, 7) is 8.56. The van der Waals surface area contributed by atoms with Crippen molar-refractivity contribution in [2.75, 3.05) is 13.7 Å². The fourth-order valence-electron chi connectivity index (χ4n) is 1.63. The molecular weight excluding hydrogens is 234 g/mol. The summed E-state index contributed by atoms with van der Waals surface area (Å²) in [5, 5.41) is 1.21. The number of para-hydroxylation sites is 1. The first-order valence-electron chi connectivity index (χ1n) is 6.37. The monoisotopic (exact) mass is 255 g/mol. The van der Waals surface area contributed by atoms with Crippen LogP contribution in [0.15, 0.2) is 49.2 Å². The second kappa shape index (κ2) is 8.22. The number of pyridine rings is 1. The highest BCUT2D eigenvalue weighted by molar-refractivity contribution is 5.84. The molecule has 0 N–H and O–H groups in total. The standard InChI is InChI=1S/C14H13N.C3H8O/c1-3-4-7-12-10-15-14-9-6-5-8-13(14)11(12)2;1-3-4-2/h3-10H,1H2,2H3;3H2,1-2H3/b7-4-;. The van der Waals surface area contributed by atoms with E-state index in [0.717, 1.165) is 17.7 Å². The van der Waals surface area contributed by atoms with Crippen molar-refractivity contribution in [3.63, 3.8) is 0 Å². The molecule has 0 aliphatic heterocycles. The van der Waals surface area contributed by atoms with Gasteiger partial charge in [-0.15, -0.1) is 0 Å². The van der Waals surface area contributed by atoms with Gasteiger partial charge in [0.05, 0.1) is 5.52 Å². The fourth-order valence-corrected chi connectivity index (χ4v) is 1.63. The maximum Gasteiger partial charge on any atom is 0.0705 e. The highest BCUT2D eigenvalue weighted by atomic mass is 16.5. The Balaban J connectivity index is 0.000000399. The van der Waals surface area contributed by atoms with Crippen LogP contribution < -0.4 is 0 Å². The van der Waals surface area contributed by atoms with Crippen LogP contribution in [0.25, 0.3) is 17.0 Å². The highest BCUT2D eigenvalue weighted by Crippen LogP contribution is 2.20. The molecule has 0 aliphatic carbocycles. The van der Waals surface area contributed by atoms with Crippen molar-refractivity contribution in [1.82, 2.24) is 4.98 Å². The maximum atomic E-state index is 4.54. The zero-order chi connectivity index (χ0) is 14.1. The number of methoxy groups -OCH3 is 1. The summed E-state index contributed by atoms with van der Waals surface area (Å²) in [7, 11) is 1.68. The average molecular weight is 255 g/mol. The van der Waals surface area contributed by atoms with Crippen LogP contribution in [0.4, 0.5) is 0 Å². The molecule has 0 spiro atoms. The lowest BCUT2D eigenvalue weighted by atomic mass is 10.0. The summed E-state index contributed by atoms with van der Waals surface area (Å²) in [5.41, 5.74) is 3.46. The van der Waals surface area contributed by atoms with E-state index in [9.17, 15) is 0 Å². The number of benzene rings is 1. The van der Waals surface area contributed by atoms with Crippen LogP contribution in [0.2, 0.25) is 0 Å². The Morgan fingerprint density at radius 3 is 2.63 bits per heavy atom. The van der Waals surface area contributed by atoms with E-state index in [1.54, 1.807) is 13.2 Å². The predicted molar refractivity (Wildman–Crippen MR) is 83.3 cm³/mol. The van der Waals surface area contributed by atoms with Crippen LogP contribution >= 0.6 is 0 Å². The van der Waals surface area contributed by atoms with Gasteiger partial charge in [-0.2, -0.15) is 0 Å². The zero-order valence-corrected chi connectivity index (χ0v) is 11.9. The molecule has 1 aromatic carbocycles. The lowest BCUT2D eigenvalue weighted by Crippen LogP contribution is -1.86. The Morgan fingerprint density at radius 2 is 2.00 bits per heavy atom. The molecule has 1 aromatic heterocycles. The van der Waals surface area contributed by atoms with Gasteiger partial charge in [-0.3, -0.25) is 4.98 Å². The van der Waals surface area contributed by atoms with Crippen molar-refractivity contribution in [1.29, 1.82) is 0 Å². The van der Waals surface area contributed by atoms with Crippen molar-refractivity contribution in [2.45, 2.75) is 13.8 Å². The summed E-state index contributed by atoms with van der Waals surface area (Å²) >= 11 is 0. The van der Waals surface area contributed by atoms with Crippen LogP contribution in [0.5, 0.6) is 0 Å². The van der Waals surface area contributed by atoms with Gasteiger partial charge in [0.2, 0.25) is 0 Å². The minimum Gasteiger partial charge on any atom is -0.385 e. The third kappa shape index (κ3) is 4.34. The molecule has 0 fully saturated rings. The SMILES string of the molecule is C=C/C=C\c1cnc2ccccc2c1C.CCOC. The quantitative estimate of drug-likeness (QED) is 0.759. The van der Waals surface area contributed by atoms with Gasteiger partial charge in [0, 0.05) is 25.3 Å². The Morgan fingerprint density at radius 1 is 1.32 bits per heavy atom. The first-order valence-corrected chi connectivity index (χ1v) is 6.37. The number of nitrogens with zero attached hydrogens (tertiary/aromatic N) is 1. The molecule has 2 aromatic rings. The predicted octanol–water partition coefficient (Wildman–Crippen LogP) is 4.40. The first kappa shape index (κ1) is 15.1. The molecule has 100 valence electrons. The van der Waals surface area contributed by atoms with Gasteiger partial charge in [-0.1, -0.05) is 43.0 Å².